The number of aromatic hydroxyl groups is 1. The summed E-state index contributed by atoms with van der Waals surface area (Å²) in [6, 6.07) is 5.59. The Kier molecular flexibility index (Phi) is 2.89. The average molecular weight is 245 g/mol. The predicted octanol–water partition coefficient (Wildman–Crippen LogP) is 3.02. The minimum Gasteiger partial charge on any atom is -0.508 e. The molecule has 18 heavy (non-hydrogen) atoms. The molecule has 0 radical (unpaired) electrons. The molecular weight excluding hydrogens is 226 g/mol. The first-order valence-electron chi connectivity index (χ1n) is 6.03. The van der Waals surface area contributed by atoms with Gasteiger partial charge in [0, 0.05) is 5.56 Å². The number of hydrogen-bond donors (Lipinski definition) is 1. The molecule has 4 heteroatoms. The highest BCUT2D eigenvalue weighted by atomic mass is 16.3. The van der Waals surface area contributed by atoms with Crippen molar-refractivity contribution in [2.45, 2.75) is 40.2 Å². The van der Waals surface area contributed by atoms with Gasteiger partial charge in [-0.15, -0.1) is 0 Å². The Balaban J connectivity index is 2.60. The zero-order valence-corrected chi connectivity index (χ0v) is 11.5. The van der Waals surface area contributed by atoms with Crippen molar-refractivity contribution in [2.75, 3.05) is 0 Å². The van der Waals surface area contributed by atoms with Gasteiger partial charge in [0.05, 0.1) is 5.54 Å². The molecule has 0 unspecified atom stereocenters. The molecule has 0 saturated heterocycles. The Morgan fingerprint density at radius 3 is 2.39 bits per heavy atom. The van der Waals surface area contributed by atoms with E-state index >= 15 is 0 Å². The van der Waals surface area contributed by atoms with Gasteiger partial charge in [0.2, 0.25) is 0 Å². The van der Waals surface area contributed by atoms with Gasteiger partial charge in [-0.3, -0.25) is 0 Å². The van der Waals surface area contributed by atoms with E-state index in [4.69, 9.17) is 0 Å². The third-order valence-corrected chi connectivity index (χ3v) is 2.82. The fourth-order valence-electron chi connectivity index (χ4n) is 1.82. The van der Waals surface area contributed by atoms with Crippen LogP contribution in [-0.2, 0) is 5.54 Å². The molecule has 0 atom stereocenters. The fourth-order valence-corrected chi connectivity index (χ4v) is 1.82. The third-order valence-electron chi connectivity index (χ3n) is 2.82. The number of phenols is 1. The summed E-state index contributed by atoms with van der Waals surface area (Å²) in [6.45, 7) is 9.99. The largest absolute Gasteiger partial charge is 0.508 e. The third kappa shape index (κ3) is 2.23. The maximum absolute atomic E-state index is 9.80. The molecule has 0 saturated carbocycles. The Bertz CT molecular complexity index is 579. The van der Waals surface area contributed by atoms with Gasteiger partial charge in [0.1, 0.15) is 11.6 Å². The number of nitrogens with zero attached hydrogens (tertiary/aromatic N) is 3. The van der Waals surface area contributed by atoms with Crippen LogP contribution in [0.15, 0.2) is 18.2 Å². The summed E-state index contributed by atoms with van der Waals surface area (Å²) >= 11 is 0. The average Bonchev–Trinajstić information content (AvgIpc) is 2.64. The molecule has 1 heterocycles. The lowest BCUT2D eigenvalue weighted by Crippen LogP contribution is -2.24. The van der Waals surface area contributed by atoms with Crippen molar-refractivity contribution in [2.24, 2.45) is 0 Å². The van der Waals surface area contributed by atoms with E-state index in [2.05, 4.69) is 30.9 Å². The zero-order chi connectivity index (χ0) is 13.5. The van der Waals surface area contributed by atoms with Gasteiger partial charge >= 0.3 is 0 Å². The highest BCUT2D eigenvalue weighted by Crippen LogP contribution is 2.28. The van der Waals surface area contributed by atoms with Gasteiger partial charge in [0.25, 0.3) is 0 Å². The van der Waals surface area contributed by atoms with Crippen molar-refractivity contribution >= 4 is 0 Å². The Labute approximate surface area is 107 Å². The van der Waals surface area contributed by atoms with Gasteiger partial charge in [-0.05, 0) is 46.2 Å². The molecule has 2 rings (SSSR count). The fraction of sp³-hybridized carbons (Fsp3) is 0.429. The first kappa shape index (κ1) is 12.6. The first-order chi connectivity index (χ1) is 8.29. The molecule has 4 nitrogen and oxygen atoms in total. The van der Waals surface area contributed by atoms with Gasteiger partial charge in [0.15, 0.2) is 5.82 Å². The lowest BCUT2D eigenvalue weighted by molar-refractivity contribution is 0.358. The number of phenolic OH excluding ortho intramolecular Hbond substituents is 1. The van der Waals surface area contributed by atoms with Crippen molar-refractivity contribution < 1.29 is 5.11 Å². The van der Waals surface area contributed by atoms with Crippen LogP contribution >= 0.6 is 0 Å². The van der Waals surface area contributed by atoms with E-state index in [1.54, 1.807) is 6.07 Å². The quantitative estimate of drug-likeness (QED) is 0.840. The SMILES string of the molecule is Cc1nc(-c2ccc(C)c(O)c2)n(C(C)(C)C)n1. The van der Waals surface area contributed by atoms with E-state index in [1.807, 2.05) is 30.7 Å². The molecule has 0 fully saturated rings. The molecule has 2 aromatic rings. The highest BCUT2D eigenvalue weighted by molar-refractivity contribution is 5.59. The number of aromatic nitrogens is 3. The molecule has 0 spiro atoms. The van der Waals surface area contributed by atoms with Gasteiger partial charge in [-0.1, -0.05) is 12.1 Å². The van der Waals surface area contributed by atoms with Crippen LogP contribution in [0.2, 0.25) is 0 Å². The molecular formula is C14H19N3O. The second-order valence-corrected chi connectivity index (χ2v) is 5.57. The minimum absolute atomic E-state index is 0.142. The molecule has 0 aliphatic rings. The molecule has 96 valence electrons. The van der Waals surface area contributed by atoms with E-state index in [0.29, 0.717) is 0 Å². The molecule has 0 aliphatic carbocycles. The summed E-state index contributed by atoms with van der Waals surface area (Å²) in [6.07, 6.45) is 0. The van der Waals surface area contributed by atoms with Crippen molar-refractivity contribution in [1.82, 2.24) is 14.8 Å². The van der Waals surface area contributed by atoms with Crippen LogP contribution < -0.4 is 0 Å². The molecule has 1 aromatic carbocycles. The van der Waals surface area contributed by atoms with Crippen LogP contribution in [0.1, 0.15) is 32.2 Å². The summed E-state index contributed by atoms with van der Waals surface area (Å²) in [5.74, 6) is 1.81. The first-order valence-corrected chi connectivity index (χ1v) is 6.03. The molecule has 1 N–H and O–H groups in total. The van der Waals surface area contributed by atoms with Crippen LogP contribution in [0.3, 0.4) is 0 Å². The van der Waals surface area contributed by atoms with Gasteiger partial charge < -0.3 is 5.11 Å². The predicted molar refractivity (Wildman–Crippen MR) is 71.6 cm³/mol. The second-order valence-electron chi connectivity index (χ2n) is 5.57. The van der Waals surface area contributed by atoms with Crippen molar-refractivity contribution in [3.8, 4) is 17.1 Å². The monoisotopic (exact) mass is 245 g/mol. The number of rotatable bonds is 1. The summed E-state index contributed by atoms with van der Waals surface area (Å²) < 4.78 is 1.90. The zero-order valence-electron chi connectivity index (χ0n) is 11.5. The van der Waals surface area contributed by atoms with Crippen LogP contribution in [-0.4, -0.2) is 19.9 Å². The standard InChI is InChI=1S/C14H19N3O/c1-9-6-7-11(8-12(9)18)13-15-10(2)16-17(13)14(3,4)5/h6-8,18H,1-5H3. The lowest BCUT2D eigenvalue weighted by atomic mass is 10.1. The molecule has 0 amide bonds. The van der Waals surface area contributed by atoms with E-state index in [9.17, 15) is 5.11 Å². The van der Waals surface area contributed by atoms with Crippen molar-refractivity contribution in [3.63, 3.8) is 0 Å². The van der Waals surface area contributed by atoms with Gasteiger partial charge in [-0.2, -0.15) is 5.10 Å². The van der Waals surface area contributed by atoms with E-state index in [1.165, 1.54) is 0 Å². The topological polar surface area (TPSA) is 50.9 Å². The van der Waals surface area contributed by atoms with Crippen molar-refractivity contribution in [1.29, 1.82) is 0 Å². The number of hydrogen-bond acceptors (Lipinski definition) is 3. The highest BCUT2D eigenvalue weighted by Gasteiger charge is 2.21. The van der Waals surface area contributed by atoms with E-state index in [-0.39, 0.29) is 11.3 Å². The van der Waals surface area contributed by atoms with Crippen LogP contribution in [0.5, 0.6) is 5.75 Å². The maximum atomic E-state index is 9.80. The molecule has 0 aliphatic heterocycles. The summed E-state index contributed by atoms with van der Waals surface area (Å²) in [7, 11) is 0. The molecule has 1 aromatic heterocycles. The number of aryl methyl sites for hydroxylation is 2. The van der Waals surface area contributed by atoms with Crippen LogP contribution in [0, 0.1) is 13.8 Å². The molecule has 0 bridgehead atoms. The summed E-state index contributed by atoms with van der Waals surface area (Å²) in [5, 5.41) is 14.2. The van der Waals surface area contributed by atoms with E-state index in [0.717, 1.165) is 22.8 Å². The normalized spacial score (nSPS) is 11.8. The van der Waals surface area contributed by atoms with Gasteiger partial charge in [-0.25, -0.2) is 9.67 Å². The Morgan fingerprint density at radius 1 is 1.17 bits per heavy atom. The lowest BCUT2D eigenvalue weighted by Gasteiger charge is -2.21. The van der Waals surface area contributed by atoms with Crippen molar-refractivity contribution in [3.05, 3.63) is 29.6 Å². The Hall–Kier alpha value is -1.84. The number of benzene rings is 1. The summed E-state index contributed by atoms with van der Waals surface area (Å²) in [4.78, 5) is 4.46. The van der Waals surface area contributed by atoms with Crippen LogP contribution in [0.4, 0.5) is 0 Å². The maximum Gasteiger partial charge on any atom is 0.159 e. The smallest absolute Gasteiger partial charge is 0.159 e. The van der Waals surface area contributed by atoms with Crippen LogP contribution in [0.25, 0.3) is 11.4 Å². The minimum atomic E-state index is -0.142. The second kappa shape index (κ2) is 4.12. The Morgan fingerprint density at radius 2 is 1.83 bits per heavy atom. The summed E-state index contributed by atoms with van der Waals surface area (Å²) in [5.41, 5.74) is 1.60. The van der Waals surface area contributed by atoms with E-state index < -0.39 is 0 Å².